The SMILES string of the molecule is CCc1cc(-n2nc(C#N)c(=O)[nH]c2=O)cc(Cl)c1Oc1ccc2nc(OC)n(C(C)(C)C)c2c1. The van der Waals surface area contributed by atoms with E-state index in [-0.39, 0.29) is 10.6 Å². The first kappa shape index (κ1) is 24.0. The molecule has 0 saturated heterocycles. The number of methoxy groups -OCH3 is 1. The third kappa shape index (κ3) is 4.38. The lowest BCUT2D eigenvalue weighted by Crippen LogP contribution is -2.33. The highest BCUT2D eigenvalue weighted by Gasteiger charge is 2.23. The molecular formula is C24H23ClN6O4. The molecule has 0 aliphatic rings. The van der Waals surface area contributed by atoms with Crippen LogP contribution in [0, 0.1) is 11.3 Å². The molecule has 0 aliphatic carbocycles. The number of rotatable bonds is 5. The van der Waals surface area contributed by atoms with Crippen LogP contribution in [-0.4, -0.2) is 31.4 Å². The second-order valence-corrected chi connectivity index (χ2v) is 9.17. The van der Waals surface area contributed by atoms with Crippen LogP contribution in [0.2, 0.25) is 5.02 Å². The predicted molar refractivity (Wildman–Crippen MR) is 131 cm³/mol. The first-order valence-corrected chi connectivity index (χ1v) is 11.2. The first-order chi connectivity index (χ1) is 16.6. The molecule has 35 heavy (non-hydrogen) atoms. The first-order valence-electron chi connectivity index (χ1n) is 10.8. The standard InChI is InChI=1S/C24H23ClN6O4/c1-6-13-9-14(31-22(33)28-21(32)18(12-26)29-31)10-16(25)20(13)35-15-7-8-17-19(11-15)30(24(2,3)4)23(27-17)34-5/h7-11H,6H2,1-5H3,(H,28,32,33). The third-order valence-electron chi connectivity index (χ3n) is 5.33. The van der Waals surface area contributed by atoms with Crippen LogP contribution in [0.25, 0.3) is 16.7 Å². The number of aromatic amines is 1. The second-order valence-electron chi connectivity index (χ2n) is 8.76. The van der Waals surface area contributed by atoms with Gasteiger partial charge in [0.05, 0.1) is 28.9 Å². The maximum atomic E-state index is 12.3. The van der Waals surface area contributed by atoms with E-state index in [9.17, 15) is 9.59 Å². The number of nitriles is 1. The fourth-order valence-corrected chi connectivity index (χ4v) is 4.05. The molecule has 2 aromatic carbocycles. The largest absolute Gasteiger partial charge is 0.468 e. The molecule has 2 heterocycles. The Balaban J connectivity index is 1.80. The van der Waals surface area contributed by atoms with Crippen molar-refractivity contribution in [3.63, 3.8) is 0 Å². The normalized spacial score (nSPS) is 11.5. The quantitative estimate of drug-likeness (QED) is 0.445. The fourth-order valence-electron chi connectivity index (χ4n) is 3.78. The zero-order valence-electron chi connectivity index (χ0n) is 19.8. The van der Waals surface area contributed by atoms with Crippen LogP contribution in [0.1, 0.15) is 39.0 Å². The average molecular weight is 495 g/mol. The van der Waals surface area contributed by atoms with Crippen molar-refractivity contribution in [1.29, 1.82) is 5.26 Å². The fraction of sp³-hybridized carbons (Fsp3) is 0.292. The Labute approximate surface area is 205 Å². The van der Waals surface area contributed by atoms with E-state index in [0.717, 1.165) is 15.7 Å². The van der Waals surface area contributed by atoms with Crippen molar-refractivity contribution in [3.05, 3.63) is 67.4 Å². The van der Waals surface area contributed by atoms with Gasteiger partial charge in [0.25, 0.3) is 11.6 Å². The van der Waals surface area contributed by atoms with E-state index in [1.165, 1.54) is 6.07 Å². The molecule has 0 radical (unpaired) electrons. The van der Waals surface area contributed by atoms with Crippen LogP contribution in [0.5, 0.6) is 17.5 Å². The summed E-state index contributed by atoms with van der Waals surface area (Å²) in [6.07, 6.45) is 0.530. The van der Waals surface area contributed by atoms with Crippen LogP contribution in [0.15, 0.2) is 39.9 Å². The minimum atomic E-state index is -0.850. The molecule has 180 valence electrons. The minimum Gasteiger partial charge on any atom is -0.468 e. The van der Waals surface area contributed by atoms with Crippen molar-refractivity contribution in [1.82, 2.24) is 24.3 Å². The number of hydrogen-bond acceptors (Lipinski definition) is 7. The van der Waals surface area contributed by atoms with E-state index in [0.29, 0.717) is 35.2 Å². The van der Waals surface area contributed by atoms with E-state index in [2.05, 4.69) is 35.8 Å². The minimum absolute atomic E-state index is 0.236. The molecule has 1 N–H and O–H groups in total. The Morgan fingerprint density at radius 2 is 1.94 bits per heavy atom. The Morgan fingerprint density at radius 1 is 1.20 bits per heavy atom. The van der Waals surface area contributed by atoms with Gasteiger partial charge in [-0.05, 0) is 57.0 Å². The number of H-pyrrole nitrogens is 1. The van der Waals surface area contributed by atoms with Gasteiger partial charge < -0.3 is 9.47 Å². The van der Waals surface area contributed by atoms with E-state index in [1.54, 1.807) is 25.3 Å². The Morgan fingerprint density at radius 3 is 2.57 bits per heavy atom. The highest BCUT2D eigenvalue weighted by Crippen LogP contribution is 2.37. The summed E-state index contributed by atoms with van der Waals surface area (Å²) >= 11 is 6.58. The molecular weight excluding hydrogens is 472 g/mol. The summed E-state index contributed by atoms with van der Waals surface area (Å²) in [5, 5.41) is 13.2. The molecule has 0 fully saturated rings. The van der Waals surface area contributed by atoms with E-state index in [1.807, 2.05) is 23.6 Å². The van der Waals surface area contributed by atoms with Crippen LogP contribution in [-0.2, 0) is 12.0 Å². The molecule has 4 aromatic rings. The van der Waals surface area contributed by atoms with Crippen LogP contribution < -0.4 is 20.7 Å². The lowest BCUT2D eigenvalue weighted by Gasteiger charge is -2.23. The Bertz CT molecular complexity index is 1600. The van der Waals surface area contributed by atoms with E-state index >= 15 is 0 Å². The summed E-state index contributed by atoms with van der Waals surface area (Å²) in [6, 6.07) is 10.8. The molecule has 11 heteroatoms. The number of aromatic nitrogens is 5. The summed E-state index contributed by atoms with van der Waals surface area (Å²) in [5.41, 5.74) is 0.247. The van der Waals surface area contributed by atoms with Crippen molar-refractivity contribution in [3.8, 4) is 29.3 Å². The molecule has 0 spiro atoms. The summed E-state index contributed by atoms with van der Waals surface area (Å²) in [5.74, 6) is 0.963. The van der Waals surface area contributed by atoms with Gasteiger partial charge in [0.1, 0.15) is 17.6 Å². The summed E-state index contributed by atoms with van der Waals surface area (Å²) < 4.78 is 14.6. The van der Waals surface area contributed by atoms with Gasteiger partial charge in [-0.1, -0.05) is 18.5 Å². The number of benzene rings is 2. The molecule has 0 aliphatic heterocycles. The van der Waals surface area contributed by atoms with Gasteiger partial charge >= 0.3 is 5.69 Å². The predicted octanol–water partition coefficient (Wildman–Crippen LogP) is 3.91. The van der Waals surface area contributed by atoms with Crippen molar-refractivity contribution in [2.75, 3.05) is 7.11 Å². The molecule has 0 atom stereocenters. The number of ether oxygens (including phenoxy) is 2. The molecule has 4 rings (SSSR count). The Kier molecular flexibility index (Phi) is 6.13. The highest BCUT2D eigenvalue weighted by atomic mass is 35.5. The average Bonchev–Trinajstić information content (AvgIpc) is 3.19. The van der Waals surface area contributed by atoms with Crippen LogP contribution in [0.3, 0.4) is 0 Å². The van der Waals surface area contributed by atoms with Crippen molar-refractivity contribution in [2.45, 2.75) is 39.7 Å². The second kappa shape index (κ2) is 8.92. The van der Waals surface area contributed by atoms with E-state index in [4.69, 9.17) is 26.3 Å². The van der Waals surface area contributed by atoms with Gasteiger partial charge in [-0.2, -0.15) is 14.9 Å². The summed E-state index contributed by atoms with van der Waals surface area (Å²) in [6.45, 7) is 8.08. The number of halogens is 1. The van der Waals surface area contributed by atoms with Gasteiger partial charge in [0.2, 0.25) is 5.69 Å². The number of hydrogen-bond donors (Lipinski definition) is 1. The van der Waals surface area contributed by atoms with Crippen molar-refractivity contribution >= 4 is 22.6 Å². The Hall–Kier alpha value is -4.10. The number of fused-ring (bicyclic) bond motifs is 1. The van der Waals surface area contributed by atoms with Crippen LogP contribution >= 0.6 is 11.6 Å². The molecule has 0 unspecified atom stereocenters. The monoisotopic (exact) mass is 494 g/mol. The number of imidazole rings is 1. The van der Waals surface area contributed by atoms with Crippen LogP contribution in [0.4, 0.5) is 0 Å². The number of aryl methyl sites for hydroxylation is 1. The van der Waals surface area contributed by atoms with Gasteiger partial charge in [0.15, 0.2) is 0 Å². The molecule has 0 saturated carbocycles. The maximum absolute atomic E-state index is 12.3. The van der Waals surface area contributed by atoms with Crippen molar-refractivity contribution in [2.24, 2.45) is 0 Å². The lowest BCUT2D eigenvalue weighted by atomic mass is 10.1. The molecule has 10 nitrogen and oxygen atoms in total. The molecule has 0 bridgehead atoms. The third-order valence-corrected chi connectivity index (χ3v) is 5.61. The van der Waals surface area contributed by atoms with Gasteiger partial charge in [-0.3, -0.25) is 14.3 Å². The van der Waals surface area contributed by atoms with Gasteiger partial charge in [-0.25, -0.2) is 4.79 Å². The maximum Gasteiger partial charge on any atom is 0.349 e. The zero-order valence-corrected chi connectivity index (χ0v) is 20.6. The van der Waals surface area contributed by atoms with E-state index < -0.39 is 16.9 Å². The van der Waals surface area contributed by atoms with Crippen molar-refractivity contribution < 1.29 is 9.47 Å². The highest BCUT2D eigenvalue weighted by molar-refractivity contribution is 6.32. The number of nitrogens with one attached hydrogen (secondary N) is 1. The zero-order chi connectivity index (χ0) is 25.5. The summed E-state index contributed by atoms with van der Waals surface area (Å²) in [4.78, 5) is 30.6. The lowest BCUT2D eigenvalue weighted by molar-refractivity contribution is 0.304. The number of nitrogens with zero attached hydrogens (tertiary/aromatic N) is 5. The topological polar surface area (TPSA) is 128 Å². The van der Waals surface area contributed by atoms with Gasteiger partial charge in [-0.15, -0.1) is 5.10 Å². The van der Waals surface area contributed by atoms with Gasteiger partial charge in [0, 0.05) is 11.6 Å². The summed E-state index contributed by atoms with van der Waals surface area (Å²) in [7, 11) is 1.58. The smallest absolute Gasteiger partial charge is 0.349 e. The molecule has 2 aromatic heterocycles. The molecule has 0 amide bonds.